The number of hydrogen-bond donors (Lipinski definition) is 1. The minimum Gasteiger partial charge on any atom is -0.462 e. The van der Waals surface area contributed by atoms with Crippen molar-refractivity contribution in [2.75, 3.05) is 25.6 Å². The van der Waals surface area contributed by atoms with Crippen LogP contribution in [0.5, 0.6) is 0 Å². The van der Waals surface area contributed by atoms with Gasteiger partial charge in [-0.25, -0.2) is 14.5 Å². The van der Waals surface area contributed by atoms with Crippen LogP contribution in [-0.4, -0.2) is 47.3 Å². The maximum atomic E-state index is 13.6. The van der Waals surface area contributed by atoms with Crippen molar-refractivity contribution in [2.24, 2.45) is 0 Å². The summed E-state index contributed by atoms with van der Waals surface area (Å²) in [5, 5.41) is 6.47. The van der Waals surface area contributed by atoms with Crippen molar-refractivity contribution < 1.29 is 27.5 Å². The molecule has 2 aromatic heterocycles. The Labute approximate surface area is 188 Å². The fraction of sp³-hybridized carbons (Fsp3) is 0.273. The maximum absolute atomic E-state index is 13.6. The number of rotatable bonds is 7. The van der Waals surface area contributed by atoms with Crippen LogP contribution in [0.3, 0.4) is 0 Å². The number of esters is 1. The number of alkyl halides is 3. The molecule has 1 N–H and O–H groups in total. The highest BCUT2D eigenvalue weighted by molar-refractivity contribution is 5.94. The minimum absolute atomic E-state index is 0.0409. The molecule has 2 heterocycles. The van der Waals surface area contributed by atoms with Crippen molar-refractivity contribution in [1.29, 1.82) is 0 Å². The third-order valence-corrected chi connectivity index (χ3v) is 4.63. The van der Waals surface area contributed by atoms with E-state index in [1.807, 2.05) is 25.1 Å². The molecule has 0 aliphatic rings. The molecule has 174 valence electrons. The zero-order chi connectivity index (χ0) is 24.2. The van der Waals surface area contributed by atoms with Gasteiger partial charge in [-0.2, -0.15) is 18.3 Å². The van der Waals surface area contributed by atoms with Crippen molar-refractivity contribution in [3.8, 4) is 5.69 Å². The fourth-order valence-electron chi connectivity index (χ4n) is 3.03. The smallest absolute Gasteiger partial charge is 0.434 e. The molecule has 0 unspecified atom stereocenters. The summed E-state index contributed by atoms with van der Waals surface area (Å²) in [6.07, 6.45) is -2.39. The van der Waals surface area contributed by atoms with Crippen LogP contribution in [0.4, 0.5) is 19.0 Å². The molecule has 0 radical (unpaired) electrons. The molecular formula is C22H22F3N5O3. The summed E-state index contributed by atoms with van der Waals surface area (Å²) in [5.74, 6) is -0.762. The van der Waals surface area contributed by atoms with Crippen molar-refractivity contribution in [3.05, 3.63) is 71.2 Å². The van der Waals surface area contributed by atoms with E-state index in [0.717, 1.165) is 17.6 Å². The number of anilines is 1. The molecule has 0 bridgehead atoms. The first-order chi connectivity index (χ1) is 15.6. The average Bonchev–Trinajstić information content (AvgIpc) is 3.24. The summed E-state index contributed by atoms with van der Waals surface area (Å²) in [5.41, 5.74) is -0.782. The molecule has 0 aliphatic carbocycles. The SMILES string of the molecule is CCOC(=O)c1cnn(-c2ccc(C(=O)NCc3ccnc(N(C)C)c3)cc2)c1C(F)(F)F. The van der Waals surface area contributed by atoms with Gasteiger partial charge in [0.2, 0.25) is 0 Å². The predicted octanol–water partition coefficient (Wildman–Crippen LogP) is 3.46. The van der Waals surface area contributed by atoms with E-state index in [-0.39, 0.29) is 24.4 Å². The van der Waals surface area contributed by atoms with Gasteiger partial charge in [0.1, 0.15) is 11.4 Å². The number of benzene rings is 1. The summed E-state index contributed by atoms with van der Waals surface area (Å²) in [7, 11) is 3.71. The second kappa shape index (κ2) is 9.72. The van der Waals surface area contributed by atoms with Crippen molar-refractivity contribution in [1.82, 2.24) is 20.1 Å². The number of ether oxygens (including phenoxy) is 1. The molecule has 1 aromatic carbocycles. The Kier molecular flexibility index (Phi) is 7.00. The van der Waals surface area contributed by atoms with Crippen molar-refractivity contribution in [3.63, 3.8) is 0 Å². The summed E-state index contributed by atoms with van der Waals surface area (Å²) in [4.78, 5) is 30.4. The van der Waals surface area contributed by atoms with Crippen molar-refractivity contribution in [2.45, 2.75) is 19.6 Å². The Bertz CT molecular complexity index is 1140. The molecule has 1 amide bonds. The van der Waals surface area contributed by atoms with Crippen LogP contribution in [0.15, 0.2) is 48.8 Å². The summed E-state index contributed by atoms with van der Waals surface area (Å²) < 4.78 is 46.2. The Morgan fingerprint density at radius 3 is 2.45 bits per heavy atom. The monoisotopic (exact) mass is 461 g/mol. The van der Waals surface area contributed by atoms with Gasteiger partial charge < -0.3 is 15.0 Å². The number of carbonyl (C=O) groups excluding carboxylic acids is 2. The second-order valence-corrected chi connectivity index (χ2v) is 7.18. The number of nitrogens with zero attached hydrogens (tertiary/aromatic N) is 4. The molecule has 0 fully saturated rings. The van der Waals surface area contributed by atoms with Gasteiger partial charge in [0, 0.05) is 32.4 Å². The Morgan fingerprint density at radius 1 is 1.15 bits per heavy atom. The Morgan fingerprint density at radius 2 is 1.85 bits per heavy atom. The quantitative estimate of drug-likeness (QED) is 0.542. The molecule has 3 rings (SSSR count). The lowest BCUT2D eigenvalue weighted by molar-refractivity contribution is -0.143. The molecule has 0 saturated carbocycles. The van der Waals surface area contributed by atoms with Crippen LogP contribution in [0.25, 0.3) is 5.69 Å². The van der Waals surface area contributed by atoms with Crippen LogP contribution in [0, 0.1) is 0 Å². The van der Waals surface area contributed by atoms with Gasteiger partial charge in [0.15, 0.2) is 5.69 Å². The molecule has 33 heavy (non-hydrogen) atoms. The molecule has 3 aromatic rings. The fourth-order valence-corrected chi connectivity index (χ4v) is 3.03. The molecule has 8 nitrogen and oxygen atoms in total. The van der Waals surface area contributed by atoms with E-state index in [0.29, 0.717) is 4.68 Å². The third-order valence-electron chi connectivity index (χ3n) is 4.63. The highest BCUT2D eigenvalue weighted by Gasteiger charge is 2.41. The van der Waals surface area contributed by atoms with Crippen LogP contribution in [0.2, 0.25) is 0 Å². The highest BCUT2D eigenvalue weighted by atomic mass is 19.4. The van der Waals surface area contributed by atoms with E-state index in [2.05, 4.69) is 15.4 Å². The number of carbonyl (C=O) groups is 2. The lowest BCUT2D eigenvalue weighted by atomic mass is 10.1. The Hall–Kier alpha value is -3.89. The van der Waals surface area contributed by atoms with Gasteiger partial charge in [0.25, 0.3) is 5.91 Å². The number of hydrogen-bond acceptors (Lipinski definition) is 6. The molecule has 0 aliphatic heterocycles. The Balaban J connectivity index is 1.78. The van der Waals surface area contributed by atoms with Crippen LogP contribution >= 0.6 is 0 Å². The lowest BCUT2D eigenvalue weighted by Gasteiger charge is -2.13. The summed E-state index contributed by atoms with van der Waals surface area (Å²) in [6.45, 7) is 1.68. The zero-order valence-corrected chi connectivity index (χ0v) is 18.2. The third kappa shape index (κ3) is 5.48. The normalized spacial score (nSPS) is 11.2. The molecule has 0 atom stereocenters. The summed E-state index contributed by atoms with van der Waals surface area (Å²) >= 11 is 0. The van der Waals surface area contributed by atoms with E-state index in [1.54, 1.807) is 12.3 Å². The average molecular weight is 461 g/mol. The van der Waals surface area contributed by atoms with Gasteiger partial charge in [-0.3, -0.25) is 4.79 Å². The van der Waals surface area contributed by atoms with Gasteiger partial charge in [-0.1, -0.05) is 0 Å². The predicted molar refractivity (Wildman–Crippen MR) is 114 cm³/mol. The van der Waals surface area contributed by atoms with Crippen molar-refractivity contribution >= 4 is 17.7 Å². The van der Waals surface area contributed by atoms with E-state index in [1.165, 1.54) is 31.2 Å². The summed E-state index contributed by atoms with van der Waals surface area (Å²) in [6, 6.07) is 9.02. The van der Waals surface area contributed by atoms with Crippen LogP contribution < -0.4 is 10.2 Å². The number of pyridine rings is 1. The number of aromatic nitrogens is 3. The number of halogens is 3. The van der Waals surface area contributed by atoms with E-state index in [4.69, 9.17) is 4.74 Å². The van der Waals surface area contributed by atoms with Gasteiger partial charge in [0.05, 0.1) is 18.5 Å². The standard InChI is InChI=1S/C22H22F3N5O3/c1-4-33-21(32)17-13-28-30(19(17)22(23,24)25)16-7-5-15(6-8-16)20(31)27-12-14-9-10-26-18(11-14)29(2)3/h5-11,13H,4,12H2,1-3H3,(H,27,31). The van der Waals surface area contributed by atoms with Gasteiger partial charge in [-0.05, 0) is 48.9 Å². The first kappa shape index (κ1) is 23.8. The minimum atomic E-state index is -4.84. The first-order valence-corrected chi connectivity index (χ1v) is 9.95. The maximum Gasteiger partial charge on any atom is 0.434 e. The van der Waals surface area contributed by atoms with Gasteiger partial charge >= 0.3 is 12.1 Å². The largest absolute Gasteiger partial charge is 0.462 e. The van der Waals surface area contributed by atoms with Crippen LogP contribution in [-0.2, 0) is 17.5 Å². The topological polar surface area (TPSA) is 89.3 Å². The second-order valence-electron chi connectivity index (χ2n) is 7.18. The molecule has 11 heteroatoms. The van der Waals surface area contributed by atoms with E-state index in [9.17, 15) is 22.8 Å². The molecule has 0 saturated heterocycles. The number of nitrogens with one attached hydrogen (secondary N) is 1. The number of amides is 1. The van der Waals surface area contributed by atoms with E-state index < -0.39 is 29.3 Å². The zero-order valence-electron chi connectivity index (χ0n) is 18.2. The van der Waals surface area contributed by atoms with Crippen LogP contribution in [0.1, 0.15) is 38.9 Å². The molecule has 0 spiro atoms. The lowest BCUT2D eigenvalue weighted by Crippen LogP contribution is -2.23. The van der Waals surface area contributed by atoms with Gasteiger partial charge in [-0.15, -0.1) is 0 Å². The molecular weight excluding hydrogens is 439 g/mol. The first-order valence-electron chi connectivity index (χ1n) is 9.95. The highest BCUT2D eigenvalue weighted by Crippen LogP contribution is 2.34. The van der Waals surface area contributed by atoms with E-state index >= 15 is 0 Å².